The van der Waals surface area contributed by atoms with E-state index in [4.69, 9.17) is 0 Å². The van der Waals surface area contributed by atoms with Gasteiger partial charge in [-0.25, -0.2) is 8.42 Å². The second-order valence-corrected chi connectivity index (χ2v) is 6.98. The van der Waals surface area contributed by atoms with E-state index in [0.717, 1.165) is 38.6 Å². The normalized spacial score (nSPS) is 31.8. The third-order valence-corrected chi connectivity index (χ3v) is 5.73. The van der Waals surface area contributed by atoms with Gasteiger partial charge >= 0.3 is 0 Å². The number of aliphatic hydroxyl groups excluding tert-OH is 1. The van der Waals surface area contributed by atoms with Gasteiger partial charge in [-0.2, -0.15) is 4.31 Å². The van der Waals surface area contributed by atoms with Gasteiger partial charge in [-0.15, -0.1) is 0 Å². The lowest BCUT2D eigenvalue weighted by Gasteiger charge is -2.34. The minimum absolute atomic E-state index is 0.0582. The molecular formula is C11H22N2O3S. The SMILES string of the molecule is O=S(=O)(CC1CCCN1)N1CCCCC1CO. The van der Waals surface area contributed by atoms with Crippen LogP contribution < -0.4 is 5.32 Å². The van der Waals surface area contributed by atoms with Crippen molar-refractivity contribution >= 4 is 10.0 Å². The lowest BCUT2D eigenvalue weighted by Crippen LogP contribution is -2.48. The number of hydrogen-bond donors (Lipinski definition) is 2. The molecule has 6 heteroatoms. The van der Waals surface area contributed by atoms with Crippen molar-refractivity contribution in [3.8, 4) is 0 Å². The topological polar surface area (TPSA) is 69.6 Å². The number of aliphatic hydroxyl groups is 1. The fourth-order valence-corrected chi connectivity index (χ4v) is 4.79. The first-order valence-corrected chi connectivity index (χ1v) is 8.08. The molecule has 0 saturated carbocycles. The predicted molar refractivity (Wildman–Crippen MR) is 66.2 cm³/mol. The summed E-state index contributed by atoms with van der Waals surface area (Å²) in [6, 6.07) is -0.101. The standard InChI is InChI=1S/C11H22N2O3S/c14-8-11-5-1-2-7-13(11)17(15,16)9-10-4-3-6-12-10/h10-12,14H,1-9H2. The molecule has 17 heavy (non-hydrogen) atoms. The molecule has 2 fully saturated rings. The third kappa shape index (κ3) is 3.19. The molecule has 2 saturated heterocycles. The first-order chi connectivity index (χ1) is 8.13. The Kier molecular flexibility index (Phi) is 4.41. The Morgan fingerprint density at radius 1 is 1.24 bits per heavy atom. The van der Waals surface area contributed by atoms with Crippen molar-refractivity contribution in [2.75, 3.05) is 25.4 Å². The van der Waals surface area contributed by atoms with Crippen LogP contribution in [0.25, 0.3) is 0 Å². The molecule has 0 aromatic heterocycles. The Morgan fingerprint density at radius 3 is 2.71 bits per heavy atom. The van der Waals surface area contributed by atoms with Crippen molar-refractivity contribution in [2.24, 2.45) is 0 Å². The average molecular weight is 262 g/mol. The van der Waals surface area contributed by atoms with Crippen LogP contribution in [0, 0.1) is 0 Å². The second-order valence-electron chi connectivity index (χ2n) is 5.01. The highest BCUT2D eigenvalue weighted by Gasteiger charge is 2.33. The molecule has 0 bridgehead atoms. The largest absolute Gasteiger partial charge is 0.395 e. The van der Waals surface area contributed by atoms with Crippen LogP contribution in [0.1, 0.15) is 32.1 Å². The molecule has 2 aliphatic rings. The second kappa shape index (κ2) is 5.65. The van der Waals surface area contributed by atoms with Gasteiger partial charge in [0.2, 0.25) is 10.0 Å². The number of hydrogen-bond acceptors (Lipinski definition) is 4. The number of sulfonamides is 1. The van der Waals surface area contributed by atoms with Crippen LogP contribution in [0.4, 0.5) is 0 Å². The van der Waals surface area contributed by atoms with E-state index in [1.807, 2.05) is 0 Å². The molecule has 0 radical (unpaired) electrons. The Hall–Kier alpha value is -0.170. The zero-order valence-electron chi connectivity index (χ0n) is 10.1. The summed E-state index contributed by atoms with van der Waals surface area (Å²) in [5, 5.41) is 12.5. The van der Waals surface area contributed by atoms with Crippen molar-refractivity contribution in [3.63, 3.8) is 0 Å². The van der Waals surface area contributed by atoms with E-state index in [2.05, 4.69) is 5.32 Å². The average Bonchev–Trinajstić information content (AvgIpc) is 2.81. The first kappa shape index (κ1) is 13.3. The fourth-order valence-electron chi connectivity index (χ4n) is 2.77. The Balaban J connectivity index is 2.01. The minimum atomic E-state index is -3.22. The molecule has 2 aliphatic heterocycles. The van der Waals surface area contributed by atoms with Crippen molar-refractivity contribution < 1.29 is 13.5 Å². The molecule has 2 N–H and O–H groups in total. The van der Waals surface area contributed by atoms with Crippen molar-refractivity contribution in [1.29, 1.82) is 0 Å². The van der Waals surface area contributed by atoms with Crippen LogP contribution in [0.2, 0.25) is 0 Å². The van der Waals surface area contributed by atoms with Gasteiger partial charge in [-0.05, 0) is 32.2 Å². The third-order valence-electron chi connectivity index (χ3n) is 3.72. The van der Waals surface area contributed by atoms with Crippen molar-refractivity contribution in [1.82, 2.24) is 9.62 Å². The number of rotatable bonds is 4. The van der Waals surface area contributed by atoms with Gasteiger partial charge in [0.1, 0.15) is 0 Å². The van der Waals surface area contributed by atoms with Crippen LogP contribution in [0.5, 0.6) is 0 Å². The molecule has 100 valence electrons. The first-order valence-electron chi connectivity index (χ1n) is 6.47. The summed E-state index contributed by atoms with van der Waals surface area (Å²) in [5.74, 6) is 0.184. The minimum Gasteiger partial charge on any atom is -0.395 e. The van der Waals surface area contributed by atoms with Crippen LogP contribution in [-0.2, 0) is 10.0 Å². The quantitative estimate of drug-likeness (QED) is 0.743. The molecule has 0 amide bonds. The molecule has 2 rings (SSSR count). The summed E-state index contributed by atoms with van der Waals surface area (Å²) in [5.41, 5.74) is 0. The maximum atomic E-state index is 12.3. The summed E-state index contributed by atoms with van der Waals surface area (Å²) in [7, 11) is -3.22. The van der Waals surface area contributed by atoms with Gasteiger partial charge < -0.3 is 10.4 Å². The molecule has 0 aromatic rings. The highest BCUT2D eigenvalue weighted by molar-refractivity contribution is 7.89. The summed E-state index contributed by atoms with van der Waals surface area (Å²) < 4.78 is 26.1. The molecule has 0 aromatic carbocycles. The van der Waals surface area contributed by atoms with E-state index in [9.17, 15) is 13.5 Å². The van der Waals surface area contributed by atoms with Gasteiger partial charge in [0.05, 0.1) is 12.4 Å². The number of nitrogens with zero attached hydrogens (tertiary/aromatic N) is 1. The number of piperidine rings is 1. The maximum Gasteiger partial charge on any atom is 0.215 e. The van der Waals surface area contributed by atoms with E-state index in [1.165, 1.54) is 4.31 Å². The van der Waals surface area contributed by atoms with Crippen molar-refractivity contribution in [3.05, 3.63) is 0 Å². The van der Waals surface area contributed by atoms with Gasteiger partial charge in [-0.3, -0.25) is 0 Å². The molecule has 2 atom stereocenters. The zero-order chi connectivity index (χ0) is 12.3. The highest BCUT2D eigenvalue weighted by atomic mass is 32.2. The molecule has 0 aliphatic carbocycles. The Labute approximate surface area is 103 Å². The van der Waals surface area contributed by atoms with Gasteiger partial charge in [0, 0.05) is 18.6 Å². The Bertz CT molecular complexity index is 339. The van der Waals surface area contributed by atoms with Crippen LogP contribution in [0.3, 0.4) is 0 Å². The molecule has 0 spiro atoms. The van der Waals surface area contributed by atoms with E-state index < -0.39 is 10.0 Å². The highest BCUT2D eigenvalue weighted by Crippen LogP contribution is 2.21. The number of nitrogens with one attached hydrogen (secondary N) is 1. The smallest absolute Gasteiger partial charge is 0.215 e. The molecule has 2 heterocycles. The van der Waals surface area contributed by atoms with Crippen LogP contribution in [-0.4, -0.2) is 55.4 Å². The molecular weight excluding hydrogens is 240 g/mol. The maximum absolute atomic E-state index is 12.3. The lowest BCUT2D eigenvalue weighted by atomic mass is 10.1. The lowest BCUT2D eigenvalue weighted by molar-refractivity contribution is 0.155. The van der Waals surface area contributed by atoms with Gasteiger partial charge in [0.15, 0.2) is 0 Å². The van der Waals surface area contributed by atoms with Crippen LogP contribution >= 0.6 is 0 Å². The molecule has 2 unspecified atom stereocenters. The fraction of sp³-hybridized carbons (Fsp3) is 1.00. The summed E-state index contributed by atoms with van der Waals surface area (Å²) in [4.78, 5) is 0. The van der Waals surface area contributed by atoms with E-state index in [-0.39, 0.29) is 24.4 Å². The van der Waals surface area contributed by atoms with Crippen molar-refractivity contribution in [2.45, 2.75) is 44.2 Å². The van der Waals surface area contributed by atoms with Crippen LogP contribution in [0.15, 0.2) is 0 Å². The van der Waals surface area contributed by atoms with E-state index in [1.54, 1.807) is 0 Å². The van der Waals surface area contributed by atoms with E-state index >= 15 is 0 Å². The molecule has 5 nitrogen and oxygen atoms in total. The summed E-state index contributed by atoms with van der Waals surface area (Å²) in [6.45, 7) is 1.43. The zero-order valence-corrected chi connectivity index (χ0v) is 11.0. The monoisotopic (exact) mass is 262 g/mol. The van der Waals surface area contributed by atoms with Gasteiger partial charge in [-0.1, -0.05) is 6.42 Å². The Morgan fingerprint density at radius 2 is 2.06 bits per heavy atom. The summed E-state index contributed by atoms with van der Waals surface area (Å²) >= 11 is 0. The van der Waals surface area contributed by atoms with E-state index in [0.29, 0.717) is 6.54 Å². The van der Waals surface area contributed by atoms with Gasteiger partial charge in [0.25, 0.3) is 0 Å². The predicted octanol–water partition coefficient (Wildman–Crippen LogP) is -0.0850. The summed E-state index contributed by atoms with van der Waals surface area (Å²) in [6.07, 6.45) is 4.71.